The SMILES string of the molecule is CC(C)CC1NC(=O)C1N[C@@H](CCCCN)C(=O)N1CCC[C@H]1C(=O)O. The van der Waals surface area contributed by atoms with Crippen LogP contribution in [0.5, 0.6) is 0 Å². The zero-order valence-electron chi connectivity index (χ0n) is 15.7. The van der Waals surface area contributed by atoms with Crippen molar-refractivity contribution in [3.63, 3.8) is 0 Å². The van der Waals surface area contributed by atoms with Crippen LogP contribution in [0.1, 0.15) is 52.4 Å². The maximum absolute atomic E-state index is 13.0. The molecule has 0 aliphatic carbocycles. The minimum atomic E-state index is -0.962. The first kappa shape index (κ1) is 20.6. The van der Waals surface area contributed by atoms with Gasteiger partial charge in [0, 0.05) is 6.54 Å². The van der Waals surface area contributed by atoms with Gasteiger partial charge in [-0.05, 0) is 44.6 Å². The van der Waals surface area contributed by atoms with Gasteiger partial charge in [-0.3, -0.25) is 14.9 Å². The van der Waals surface area contributed by atoms with E-state index in [4.69, 9.17) is 5.73 Å². The lowest BCUT2D eigenvalue weighted by Gasteiger charge is -2.41. The van der Waals surface area contributed by atoms with Gasteiger partial charge in [0.05, 0.1) is 12.1 Å². The third-order valence-corrected chi connectivity index (χ3v) is 5.18. The summed E-state index contributed by atoms with van der Waals surface area (Å²) in [4.78, 5) is 37.9. The zero-order chi connectivity index (χ0) is 19.3. The summed E-state index contributed by atoms with van der Waals surface area (Å²) >= 11 is 0. The summed E-state index contributed by atoms with van der Waals surface area (Å²) in [6.07, 6.45) is 4.12. The van der Waals surface area contributed by atoms with Gasteiger partial charge in [0.1, 0.15) is 12.1 Å². The average molecular weight is 368 g/mol. The van der Waals surface area contributed by atoms with E-state index in [1.807, 2.05) is 0 Å². The Hall–Kier alpha value is -1.67. The minimum Gasteiger partial charge on any atom is -0.480 e. The molecular weight excluding hydrogens is 336 g/mol. The summed E-state index contributed by atoms with van der Waals surface area (Å²) in [5.41, 5.74) is 5.55. The summed E-state index contributed by atoms with van der Waals surface area (Å²) < 4.78 is 0. The predicted octanol–water partition coefficient (Wildman–Crippen LogP) is 0.0623. The Morgan fingerprint density at radius 3 is 2.69 bits per heavy atom. The van der Waals surface area contributed by atoms with Crippen molar-refractivity contribution in [2.45, 2.75) is 76.5 Å². The first-order valence-electron chi connectivity index (χ1n) is 9.65. The topological polar surface area (TPSA) is 125 Å². The van der Waals surface area contributed by atoms with Crippen molar-refractivity contribution in [3.8, 4) is 0 Å². The van der Waals surface area contributed by atoms with Crippen LogP contribution in [-0.2, 0) is 14.4 Å². The van der Waals surface area contributed by atoms with Crippen LogP contribution in [0.4, 0.5) is 0 Å². The number of β-lactam (4-membered cyclic amide) rings is 1. The molecule has 148 valence electrons. The molecule has 2 saturated heterocycles. The van der Waals surface area contributed by atoms with Crippen molar-refractivity contribution in [1.29, 1.82) is 0 Å². The van der Waals surface area contributed by atoms with Crippen LogP contribution in [-0.4, -0.2) is 65.0 Å². The van der Waals surface area contributed by atoms with Crippen molar-refractivity contribution in [2.75, 3.05) is 13.1 Å². The molecule has 2 rings (SSSR count). The first-order chi connectivity index (χ1) is 12.3. The minimum absolute atomic E-state index is 0.0150. The summed E-state index contributed by atoms with van der Waals surface area (Å²) in [6.45, 7) is 5.18. The molecule has 26 heavy (non-hydrogen) atoms. The van der Waals surface area contributed by atoms with E-state index in [1.54, 1.807) is 0 Å². The lowest BCUT2D eigenvalue weighted by atomic mass is 9.89. The molecule has 8 nitrogen and oxygen atoms in total. The fourth-order valence-corrected chi connectivity index (χ4v) is 3.81. The molecule has 2 aliphatic rings. The average Bonchev–Trinajstić information content (AvgIpc) is 3.06. The Kier molecular flexibility index (Phi) is 7.40. The van der Waals surface area contributed by atoms with Gasteiger partial charge in [0.15, 0.2) is 0 Å². The van der Waals surface area contributed by atoms with Crippen LogP contribution in [0.25, 0.3) is 0 Å². The lowest BCUT2D eigenvalue weighted by Crippen LogP contribution is -2.71. The van der Waals surface area contributed by atoms with E-state index in [0.29, 0.717) is 38.3 Å². The van der Waals surface area contributed by atoms with Gasteiger partial charge in [-0.1, -0.05) is 20.3 Å². The van der Waals surface area contributed by atoms with Crippen molar-refractivity contribution in [1.82, 2.24) is 15.5 Å². The van der Waals surface area contributed by atoms with Gasteiger partial charge in [-0.15, -0.1) is 0 Å². The quantitative estimate of drug-likeness (QED) is 0.319. The molecular formula is C18H32N4O4. The monoisotopic (exact) mass is 368 g/mol. The highest BCUT2D eigenvalue weighted by atomic mass is 16.4. The maximum Gasteiger partial charge on any atom is 0.326 e. The third-order valence-electron chi connectivity index (χ3n) is 5.18. The van der Waals surface area contributed by atoms with E-state index in [9.17, 15) is 19.5 Å². The number of carboxylic acid groups (broad SMARTS) is 1. The van der Waals surface area contributed by atoms with E-state index in [0.717, 1.165) is 19.3 Å². The van der Waals surface area contributed by atoms with Crippen molar-refractivity contribution < 1.29 is 19.5 Å². The van der Waals surface area contributed by atoms with Crippen molar-refractivity contribution in [2.24, 2.45) is 11.7 Å². The number of carbonyl (C=O) groups excluding carboxylic acids is 2. The van der Waals surface area contributed by atoms with Gasteiger partial charge in [-0.2, -0.15) is 0 Å². The molecule has 5 N–H and O–H groups in total. The fraction of sp³-hybridized carbons (Fsp3) is 0.833. The molecule has 0 aromatic heterocycles. The van der Waals surface area contributed by atoms with E-state index in [-0.39, 0.29) is 17.9 Å². The number of carbonyl (C=O) groups is 3. The second-order valence-corrected chi connectivity index (χ2v) is 7.75. The summed E-state index contributed by atoms with van der Waals surface area (Å²) in [5.74, 6) is -0.833. The molecule has 4 atom stereocenters. The molecule has 8 heteroatoms. The largest absolute Gasteiger partial charge is 0.480 e. The van der Waals surface area contributed by atoms with Gasteiger partial charge >= 0.3 is 5.97 Å². The molecule has 0 saturated carbocycles. The standard InChI is InChI=1S/C18H32N4O4/c1-11(2)10-13-15(16(23)21-13)20-12(6-3-4-8-19)17(24)22-9-5-7-14(22)18(25)26/h11-15,20H,3-10,19H2,1-2H3,(H,21,23)(H,25,26)/t12-,13?,14-,15?/m0/s1. The Bertz CT molecular complexity index is 525. The normalized spacial score (nSPS) is 26.5. The summed E-state index contributed by atoms with van der Waals surface area (Å²) in [6, 6.07) is -1.69. The number of hydrogen-bond acceptors (Lipinski definition) is 5. The van der Waals surface area contributed by atoms with Gasteiger partial charge in [-0.25, -0.2) is 4.79 Å². The van der Waals surface area contributed by atoms with Crippen molar-refractivity contribution in [3.05, 3.63) is 0 Å². The van der Waals surface area contributed by atoms with Crippen LogP contribution in [0, 0.1) is 5.92 Å². The number of rotatable bonds is 10. The number of unbranched alkanes of at least 4 members (excludes halogenated alkanes) is 1. The Morgan fingerprint density at radius 1 is 1.38 bits per heavy atom. The lowest BCUT2D eigenvalue weighted by molar-refractivity contribution is -0.149. The highest BCUT2D eigenvalue weighted by Gasteiger charge is 2.43. The molecule has 0 aromatic carbocycles. The van der Waals surface area contributed by atoms with Crippen LogP contribution < -0.4 is 16.4 Å². The van der Waals surface area contributed by atoms with Crippen LogP contribution in [0.15, 0.2) is 0 Å². The molecule has 2 amide bonds. The van der Waals surface area contributed by atoms with E-state index >= 15 is 0 Å². The molecule has 2 heterocycles. The zero-order valence-corrected chi connectivity index (χ0v) is 15.7. The molecule has 0 bridgehead atoms. The number of hydrogen-bond donors (Lipinski definition) is 4. The summed E-state index contributed by atoms with van der Waals surface area (Å²) in [7, 11) is 0. The first-order valence-corrected chi connectivity index (χ1v) is 9.65. The Labute approximate surface area is 154 Å². The number of nitrogens with zero attached hydrogens (tertiary/aromatic N) is 1. The van der Waals surface area contributed by atoms with Crippen molar-refractivity contribution >= 4 is 17.8 Å². The molecule has 2 unspecified atom stereocenters. The van der Waals surface area contributed by atoms with Gasteiger partial charge < -0.3 is 21.1 Å². The van der Waals surface area contributed by atoms with Gasteiger partial charge in [0.25, 0.3) is 0 Å². The third kappa shape index (κ3) is 4.94. The van der Waals surface area contributed by atoms with E-state index < -0.39 is 24.1 Å². The number of amides is 2. The highest BCUT2D eigenvalue weighted by Crippen LogP contribution is 2.22. The molecule has 0 aromatic rings. The molecule has 2 fully saturated rings. The predicted molar refractivity (Wildman–Crippen MR) is 97.4 cm³/mol. The van der Waals surface area contributed by atoms with Crippen LogP contribution in [0.3, 0.4) is 0 Å². The second-order valence-electron chi connectivity index (χ2n) is 7.75. The van der Waals surface area contributed by atoms with E-state index in [1.165, 1.54) is 4.90 Å². The Balaban J connectivity index is 2.06. The number of aliphatic carboxylic acids is 1. The highest BCUT2D eigenvalue weighted by molar-refractivity contribution is 5.91. The fourth-order valence-electron chi connectivity index (χ4n) is 3.81. The smallest absolute Gasteiger partial charge is 0.326 e. The Morgan fingerprint density at radius 2 is 2.12 bits per heavy atom. The van der Waals surface area contributed by atoms with Crippen LogP contribution >= 0.6 is 0 Å². The number of carboxylic acids is 1. The van der Waals surface area contributed by atoms with E-state index in [2.05, 4.69) is 24.5 Å². The molecule has 0 radical (unpaired) electrons. The second kappa shape index (κ2) is 9.32. The molecule has 2 aliphatic heterocycles. The number of likely N-dealkylation sites (tertiary alicyclic amines) is 1. The number of nitrogens with one attached hydrogen (secondary N) is 2. The maximum atomic E-state index is 13.0. The number of nitrogens with two attached hydrogens (primary N) is 1. The molecule has 0 spiro atoms. The van der Waals surface area contributed by atoms with Gasteiger partial charge in [0.2, 0.25) is 11.8 Å². The summed E-state index contributed by atoms with van der Waals surface area (Å²) in [5, 5.41) is 15.5. The van der Waals surface area contributed by atoms with Crippen LogP contribution in [0.2, 0.25) is 0 Å².